The fourth-order valence-electron chi connectivity index (χ4n) is 3.32. The number of hydrogen-bond donors (Lipinski definition) is 2. The number of rotatable bonds is 3. The molecule has 1 aliphatic rings. The van der Waals surface area contributed by atoms with Gasteiger partial charge in [0, 0.05) is 53.9 Å². The quantitative estimate of drug-likeness (QED) is 0.833. The van der Waals surface area contributed by atoms with Gasteiger partial charge in [0.05, 0.1) is 0 Å². The number of benzene rings is 1. The van der Waals surface area contributed by atoms with E-state index in [9.17, 15) is 14.7 Å². The molecule has 1 saturated heterocycles. The third-order valence-electron chi connectivity index (χ3n) is 4.54. The normalized spacial score (nSPS) is 17.1. The molecule has 0 aliphatic carbocycles. The van der Waals surface area contributed by atoms with E-state index in [2.05, 4.69) is 4.98 Å². The molecule has 1 atom stereocenters. The monoisotopic (exact) mass is 393 g/mol. The summed E-state index contributed by atoms with van der Waals surface area (Å²) in [6.07, 6.45) is 1.35. The molecule has 0 radical (unpaired) electrons. The second-order valence-electron chi connectivity index (χ2n) is 7.68. The number of carboxylic acid groups (broad SMARTS) is 1. The van der Waals surface area contributed by atoms with Crippen molar-refractivity contribution in [1.82, 2.24) is 14.8 Å². The lowest BCUT2D eigenvalue weighted by molar-refractivity contribution is -0.144. The highest BCUT2D eigenvalue weighted by molar-refractivity contribution is 6.31. The summed E-state index contributed by atoms with van der Waals surface area (Å²) in [5.74, 6) is -0.929. The number of carbonyl (C=O) groups is 2. The number of carbonyl (C=O) groups excluding carboxylic acids is 1. The zero-order valence-electron chi connectivity index (χ0n) is 15.7. The van der Waals surface area contributed by atoms with Crippen LogP contribution in [0.2, 0.25) is 5.02 Å². The highest BCUT2D eigenvalue weighted by Gasteiger charge is 2.34. The van der Waals surface area contributed by atoms with Gasteiger partial charge >= 0.3 is 12.1 Å². The van der Waals surface area contributed by atoms with Gasteiger partial charge in [-0.3, -0.25) is 9.69 Å². The van der Waals surface area contributed by atoms with Crippen LogP contribution in [0.4, 0.5) is 4.79 Å². The van der Waals surface area contributed by atoms with Crippen molar-refractivity contribution in [3.8, 4) is 0 Å². The zero-order chi connectivity index (χ0) is 19.8. The minimum Gasteiger partial charge on any atom is -0.480 e. The number of carboxylic acids is 1. The summed E-state index contributed by atoms with van der Waals surface area (Å²) in [6.45, 7) is 7.20. The van der Waals surface area contributed by atoms with Crippen molar-refractivity contribution in [1.29, 1.82) is 0 Å². The first-order valence-electron chi connectivity index (χ1n) is 8.87. The number of aromatic amines is 1. The predicted molar refractivity (Wildman–Crippen MR) is 103 cm³/mol. The molecule has 1 amide bonds. The number of aromatic nitrogens is 1. The fourth-order valence-corrected chi connectivity index (χ4v) is 3.49. The SMILES string of the molecule is CC(C)(C)OC(=O)N1CCN([C@H](C(=O)O)c2c[nH]c3ccc(Cl)cc23)CC1. The van der Waals surface area contributed by atoms with Crippen molar-refractivity contribution in [2.45, 2.75) is 32.4 Å². The summed E-state index contributed by atoms with van der Waals surface area (Å²) in [5, 5.41) is 11.2. The van der Waals surface area contributed by atoms with Gasteiger partial charge in [-0.25, -0.2) is 4.79 Å². The molecule has 1 fully saturated rings. The van der Waals surface area contributed by atoms with E-state index in [0.29, 0.717) is 36.8 Å². The number of hydrogen-bond acceptors (Lipinski definition) is 4. The summed E-state index contributed by atoms with van der Waals surface area (Å²) < 4.78 is 5.40. The molecule has 7 nitrogen and oxygen atoms in total. The third kappa shape index (κ3) is 4.36. The van der Waals surface area contributed by atoms with Crippen LogP contribution in [0.3, 0.4) is 0 Å². The number of H-pyrrole nitrogens is 1. The summed E-state index contributed by atoms with van der Waals surface area (Å²) in [4.78, 5) is 30.8. The summed E-state index contributed by atoms with van der Waals surface area (Å²) in [6, 6.07) is 4.56. The van der Waals surface area contributed by atoms with Crippen LogP contribution >= 0.6 is 11.6 Å². The van der Waals surface area contributed by atoms with Gasteiger partial charge in [0.25, 0.3) is 0 Å². The van der Waals surface area contributed by atoms with Gasteiger partial charge in [-0.2, -0.15) is 0 Å². The number of halogens is 1. The Hall–Kier alpha value is -2.25. The van der Waals surface area contributed by atoms with E-state index >= 15 is 0 Å². The summed E-state index contributed by atoms with van der Waals surface area (Å²) in [7, 11) is 0. The van der Waals surface area contributed by atoms with Gasteiger partial charge in [0.2, 0.25) is 0 Å². The average Bonchev–Trinajstić information content (AvgIpc) is 2.97. The minimum absolute atomic E-state index is 0.368. The van der Waals surface area contributed by atoms with Crippen LogP contribution in [0.15, 0.2) is 24.4 Å². The lowest BCUT2D eigenvalue weighted by Gasteiger charge is -2.38. The first-order valence-corrected chi connectivity index (χ1v) is 9.25. The lowest BCUT2D eigenvalue weighted by Crippen LogP contribution is -2.51. The van der Waals surface area contributed by atoms with Crippen molar-refractivity contribution in [3.63, 3.8) is 0 Å². The van der Waals surface area contributed by atoms with Gasteiger partial charge in [-0.05, 0) is 39.0 Å². The molecular weight excluding hydrogens is 370 g/mol. The zero-order valence-corrected chi connectivity index (χ0v) is 16.4. The lowest BCUT2D eigenvalue weighted by atomic mass is 10.0. The van der Waals surface area contributed by atoms with Gasteiger partial charge in [-0.1, -0.05) is 11.6 Å². The molecule has 8 heteroatoms. The molecule has 146 valence electrons. The highest BCUT2D eigenvalue weighted by atomic mass is 35.5. The molecule has 1 aromatic carbocycles. The van der Waals surface area contributed by atoms with Crippen LogP contribution in [0.25, 0.3) is 10.9 Å². The number of ether oxygens (including phenoxy) is 1. The van der Waals surface area contributed by atoms with Crippen LogP contribution < -0.4 is 0 Å². The van der Waals surface area contributed by atoms with Crippen LogP contribution in [-0.2, 0) is 9.53 Å². The topological polar surface area (TPSA) is 85.9 Å². The van der Waals surface area contributed by atoms with Gasteiger partial charge in [-0.15, -0.1) is 0 Å². The van der Waals surface area contributed by atoms with Crippen LogP contribution in [0.1, 0.15) is 32.4 Å². The van der Waals surface area contributed by atoms with E-state index in [1.807, 2.05) is 31.7 Å². The molecule has 27 heavy (non-hydrogen) atoms. The Labute approximate surface area is 162 Å². The molecule has 1 aromatic heterocycles. The van der Waals surface area contributed by atoms with Crippen LogP contribution in [0, 0.1) is 0 Å². The number of nitrogens with one attached hydrogen (secondary N) is 1. The molecule has 0 bridgehead atoms. The van der Waals surface area contributed by atoms with Gasteiger partial charge in [0.15, 0.2) is 0 Å². The number of fused-ring (bicyclic) bond motifs is 1. The van der Waals surface area contributed by atoms with Crippen molar-refractivity contribution < 1.29 is 19.4 Å². The van der Waals surface area contributed by atoms with Gasteiger partial charge in [0.1, 0.15) is 11.6 Å². The second-order valence-corrected chi connectivity index (χ2v) is 8.11. The Bertz CT molecular complexity index is 850. The Morgan fingerprint density at radius 3 is 2.48 bits per heavy atom. The first-order chi connectivity index (χ1) is 12.7. The Kier molecular flexibility index (Phi) is 5.35. The van der Waals surface area contributed by atoms with Gasteiger partial charge < -0.3 is 19.7 Å². The minimum atomic E-state index is -0.929. The Morgan fingerprint density at radius 2 is 1.89 bits per heavy atom. The summed E-state index contributed by atoms with van der Waals surface area (Å²) >= 11 is 6.09. The molecule has 2 heterocycles. The van der Waals surface area contributed by atoms with E-state index in [4.69, 9.17) is 16.3 Å². The first kappa shape index (κ1) is 19.5. The maximum absolute atomic E-state index is 12.2. The van der Waals surface area contributed by atoms with Crippen molar-refractivity contribution in [2.24, 2.45) is 0 Å². The number of nitrogens with zero attached hydrogens (tertiary/aromatic N) is 2. The van der Waals surface area contributed by atoms with E-state index in [1.165, 1.54) is 0 Å². The van der Waals surface area contributed by atoms with E-state index in [-0.39, 0.29) is 6.09 Å². The molecule has 3 rings (SSSR count). The van der Waals surface area contributed by atoms with E-state index < -0.39 is 17.6 Å². The largest absolute Gasteiger partial charge is 0.480 e. The molecule has 0 saturated carbocycles. The molecule has 2 N–H and O–H groups in total. The smallest absolute Gasteiger partial charge is 0.410 e. The number of amides is 1. The van der Waals surface area contributed by atoms with Crippen molar-refractivity contribution in [2.75, 3.05) is 26.2 Å². The Morgan fingerprint density at radius 1 is 1.22 bits per heavy atom. The molecule has 1 aliphatic heterocycles. The molecule has 0 unspecified atom stereocenters. The van der Waals surface area contributed by atoms with Crippen LogP contribution in [0.5, 0.6) is 0 Å². The fraction of sp³-hybridized carbons (Fsp3) is 0.474. The third-order valence-corrected chi connectivity index (χ3v) is 4.77. The second kappa shape index (κ2) is 7.40. The van der Waals surface area contributed by atoms with E-state index in [1.54, 1.807) is 23.2 Å². The maximum atomic E-state index is 12.2. The average molecular weight is 394 g/mol. The van der Waals surface area contributed by atoms with Crippen molar-refractivity contribution in [3.05, 3.63) is 35.0 Å². The predicted octanol–water partition coefficient (Wildman–Crippen LogP) is 3.50. The molecule has 0 spiro atoms. The number of aliphatic carboxylic acids is 1. The molecule has 2 aromatic rings. The summed E-state index contributed by atoms with van der Waals surface area (Å²) in [5.41, 5.74) is 0.958. The number of piperazine rings is 1. The van der Waals surface area contributed by atoms with Crippen molar-refractivity contribution >= 4 is 34.6 Å². The van der Waals surface area contributed by atoms with E-state index in [0.717, 1.165) is 10.9 Å². The standard InChI is InChI=1S/C19H24ClN3O4/c1-19(2,3)27-18(26)23-8-6-22(7-9-23)16(17(24)25)14-11-21-15-5-4-12(20)10-13(14)15/h4-5,10-11,16,21H,6-9H2,1-3H3,(H,24,25)/t16-/m0/s1. The highest BCUT2D eigenvalue weighted by Crippen LogP contribution is 2.31. The molecular formula is C19H24ClN3O4. The van der Waals surface area contributed by atoms with Crippen LogP contribution in [-0.4, -0.2) is 63.7 Å². The Balaban J connectivity index is 1.77. The maximum Gasteiger partial charge on any atom is 0.410 e.